The zero-order chi connectivity index (χ0) is 10.9. The van der Waals surface area contributed by atoms with Crippen LogP contribution in [0.25, 0.3) is 0 Å². The highest BCUT2D eigenvalue weighted by Gasteiger charge is 2.39. The first kappa shape index (κ1) is 10.5. The standard InChI is InChI=1S/C6H5F3N2O3/c7-6(8,9)2-11-4(13)1-3(12)10-5(11)14/h1-2H2,(H,10,12,14). The maximum absolute atomic E-state index is 11.8. The number of carbonyl (C=O) groups excluding carboxylic acids is 3. The van der Waals surface area contributed by atoms with Crippen molar-refractivity contribution >= 4 is 17.8 Å². The zero-order valence-corrected chi connectivity index (χ0v) is 6.72. The van der Waals surface area contributed by atoms with E-state index < -0.39 is 37.0 Å². The lowest BCUT2D eigenvalue weighted by Crippen LogP contribution is -2.55. The smallest absolute Gasteiger partial charge is 0.277 e. The number of nitrogens with zero attached hydrogens (tertiary/aromatic N) is 1. The van der Waals surface area contributed by atoms with E-state index in [0.717, 1.165) is 0 Å². The summed E-state index contributed by atoms with van der Waals surface area (Å²) in [6.45, 7) is -1.68. The minimum Gasteiger partial charge on any atom is -0.277 e. The molecule has 0 aromatic rings. The van der Waals surface area contributed by atoms with Crippen molar-refractivity contribution in [1.29, 1.82) is 0 Å². The average molecular weight is 210 g/mol. The molecule has 0 atom stereocenters. The second kappa shape index (κ2) is 3.28. The number of hydrogen-bond donors (Lipinski definition) is 1. The molecule has 1 fully saturated rings. The van der Waals surface area contributed by atoms with E-state index >= 15 is 0 Å². The van der Waals surface area contributed by atoms with E-state index in [-0.39, 0.29) is 4.90 Å². The van der Waals surface area contributed by atoms with Crippen molar-refractivity contribution in [3.05, 3.63) is 0 Å². The molecule has 4 amide bonds. The van der Waals surface area contributed by atoms with Crippen LogP contribution in [0.15, 0.2) is 0 Å². The van der Waals surface area contributed by atoms with Gasteiger partial charge in [-0.25, -0.2) is 4.79 Å². The number of imide groups is 2. The molecule has 1 aliphatic rings. The molecule has 0 aromatic carbocycles. The Kier molecular flexibility index (Phi) is 2.45. The van der Waals surface area contributed by atoms with Crippen molar-refractivity contribution < 1.29 is 27.6 Å². The van der Waals surface area contributed by atoms with Crippen LogP contribution in [0.5, 0.6) is 0 Å². The van der Waals surface area contributed by atoms with Gasteiger partial charge in [-0.15, -0.1) is 0 Å². The van der Waals surface area contributed by atoms with Crippen molar-refractivity contribution in [1.82, 2.24) is 10.2 Å². The van der Waals surface area contributed by atoms with E-state index in [1.54, 1.807) is 5.32 Å². The molecule has 78 valence electrons. The minimum absolute atomic E-state index is 0.0403. The Bertz CT molecular complexity index is 279. The maximum Gasteiger partial charge on any atom is 0.406 e. The largest absolute Gasteiger partial charge is 0.406 e. The summed E-state index contributed by atoms with van der Waals surface area (Å²) in [5.74, 6) is -2.03. The average Bonchev–Trinajstić information content (AvgIpc) is 1.95. The van der Waals surface area contributed by atoms with Crippen LogP contribution in [0.4, 0.5) is 18.0 Å². The SMILES string of the molecule is O=C1CC(=O)N(CC(F)(F)F)C(=O)N1. The van der Waals surface area contributed by atoms with Crippen molar-refractivity contribution in [3.8, 4) is 0 Å². The van der Waals surface area contributed by atoms with E-state index in [2.05, 4.69) is 0 Å². The molecule has 14 heavy (non-hydrogen) atoms. The predicted octanol–water partition coefficient (Wildman–Crippen LogP) is 0.0172. The second-order valence-corrected chi connectivity index (χ2v) is 2.63. The molecule has 0 bridgehead atoms. The summed E-state index contributed by atoms with van der Waals surface area (Å²) in [4.78, 5) is 32.1. The molecule has 1 heterocycles. The van der Waals surface area contributed by atoms with Gasteiger partial charge in [0.1, 0.15) is 13.0 Å². The number of hydrogen-bond acceptors (Lipinski definition) is 3. The first-order chi connectivity index (χ1) is 6.29. The van der Waals surface area contributed by atoms with Crippen LogP contribution < -0.4 is 5.32 Å². The number of urea groups is 1. The maximum atomic E-state index is 11.8. The number of barbiturate groups is 1. The molecule has 1 rings (SSSR count). The van der Waals surface area contributed by atoms with Crippen molar-refractivity contribution in [2.75, 3.05) is 6.54 Å². The number of rotatable bonds is 1. The van der Waals surface area contributed by atoms with Gasteiger partial charge < -0.3 is 0 Å². The molecule has 0 saturated carbocycles. The molecule has 0 spiro atoms. The molecule has 0 unspecified atom stereocenters. The predicted molar refractivity (Wildman–Crippen MR) is 35.9 cm³/mol. The van der Waals surface area contributed by atoms with Gasteiger partial charge in [0.15, 0.2) is 0 Å². The van der Waals surface area contributed by atoms with Gasteiger partial charge in [-0.3, -0.25) is 19.8 Å². The van der Waals surface area contributed by atoms with Gasteiger partial charge in [0.05, 0.1) is 0 Å². The molecular formula is C6H5F3N2O3. The van der Waals surface area contributed by atoms with Crippen molar-refractivity contribution in [2.24, 2.45) is 0 Å². The van der Waals surface area contributed by atoms with Crippen LogP contribution >= 0.6 is 0 Å². The lowest BCUT2D eigenvalue weighted by atomic mass is 10.3. The summed E-state index contributed by atoms with van der Waals surface area (Å²) in [7, 11) is 0. The molecular weight excluding hydrogens is 205 g/mol. The third-order valence-corrected chi connectivity index (χ3v) is 1.44. The third-order valence-electron chi connectivity index (χ3n) is 1.44. The van der Waals surface area contributed by atoms with Crippen LogP contribution in [-0.4, -0.2) is 35.5 Å². The Labute approximate surface area is 75.8 Å². The summed E-state index contributed by atoms with van der Waals surface area (Å²) in [6, 6.07) is -1.33. The summed E-state index contributed by atoms with van der Waals surface area (Å²) in [5.41, 5.74) is 0. The summed E-state index contributed by atoms with van der Waals surface area (Å²) >= 11 is 0. The fraction of sp³-hybridized carbons (Fsp3) is 0.500. The van der Waals surface area contributed by atoms with Crippen LogP contribution in [0.1, 0.15) is 6.42 Å². The lowest BCUT2D eigenvalue weighted by Gasteiger charge is -2.25. The molecule has 0 radical (unpaired) electrons. The fourth-order valence-electron chi connectivity index (χ4n) is 0.916. The van der Waals surface area contributed by atoms with Gasteiger partial charge in [-0.2, -0.15) is 13.2 Å². The number of nitrogens with one attached hydrogen (secondary N) is 1. The van der Waals surface area contributed by atoms with Gasteiger partial charge in [-0.1, -0.05) is 0 Å². The number of amides is 4. The van der Waals surface area contributed by atoms with Crippen molar-refractivity contribution in [2.45, 2.75) is 12.6 Å². The first-order valence-electron chi connectivity index (χ1n) is 3.50. The Hall–Kier alpha value is -1.60. The Morgan fingerprint density at radius 1 is 1.29 bits per heavy atom. The quantitative estimate of drug-likeness (QED) is 0.620. The van der Waals surface area contributed by atoms with E-state index in [4.69, 9.17) is 0 Å². The number of alkyl halides is 3. The number of halogens is 3. The van der Waals surface area contributed by atoms with Gasteiger partial charge in [0.2, 0.25) is 11.8 Å². The summed E-state index contributed by atoms with van der Waals surface area (Å²) in [5, 5.41) is 1.61. The van der Waals surface area contributed by atoms with Crippen molar-refractivity contribution in [3.63, 3.8) is 0 Å². The van der Waals surface area contributed by atoms with Crippen LogP contribution in [0.3, 0.4) is 0 Å². The Balaban J connectivity index is 2.73. The molecule has 0 aromatic heterocycles. The van der Waals surface area contributed by atoms with Gasteiger partial charge in [-0.05, 0) is 0 Å². The van der Waals surface area contributed by atoms with E-state index in [0.29, 0.717) is 0 Å². The molecule has 8 heteroatoms. The monoisotopic (exact) mass is 210 g/mol. The Morgan fingerprint density at radius 2 is 1.86 bits per heavy atom. The third kappa shape index (κ3) is 2.44. The molecule has 0 aliphatic carbocycles. The number of carbonyl (C=O) groups is 3. The highest BCUT2D eigenvalue weighted by atomic mass is 19.4. The van der Waals surface area contributed by atoms with E-state index in [1.807, 2.05) is 0 Å². The molecule has 5 nitrogen and oxygen atoms in total. The molecule has 1 saturated heterocycles. The van der Waals surface area contributed by atoms with Crippen LogP contribution in [0, 0.1) is 0 Å². The summed E-state index contributed by atoms with van der Waals surface area (Å²) < 4.78 is 35.5. The fourth-order valence-corrected chi connectivity index (χ4v) is 0.916. The van der Waals surface area contributed by atoms with Crippen LogP contribution in [-0.2, 0) is 9.59 Å². The van der Waals surface area contributed by atoms with Crippen LogP contribution in [0.2, 0.25) is 0 Å². The highest BCUT2D eigenvalue weighted by molar-refractivity contribution is 6.14. The Morgan fingerprint density at radius 3 is 2.29 bits per heavy atom. The van der Waals surface area contributed by atoms with E-state index in [1.165, 1.54) is 0 Å². The summed E-state index contributed by atoms with van der Waals surface area (Å²) in [6.07, 6.45) is -5.39. The zero-order valence-electron chi connectivity index (χ0n) is 6.72. The lowest BCUT2D eigenvalue weighted by molar-refractivity contribution is -0.158. The molecule has 1 N–H and O–H groups in total. The highest BCUT2D eigenvalue weighted by Crippen LogP contribution is 2.18. The normalized spacial score (nSPS) is 18.5. The van der Waals surface area contributed by atoms with Gasteiger partial charge >= 0.3 is 12.2 Å². The van der Waals surface area contributed by atoms with Gasteiger partial charge in [0, 0.05) is 0 Å². The minimum atomic E-state index is -4.66. The second-order valence-electron chi connectivity index (χ2n) is 2.63. The van der Waals surface area contributed by atoms with Gasteiger partial charge in [0.25, 0.3) is 0 Å². The topological polar surface area (TPSA) is 66.5 Å². The molecule has 1 aliphatic heterocycles. The first-order valence-corrected chi connectivity index (χ1v) is 3.50. The van der Waals surface area contributed by atoms with E-state index in [9.17, 15) is 27.6 Å².